The molecule has 0 aliphatic carbocycles. The number of halogens is 1. The van der Waals surface area contributed by atoms with Crippen molar-refractivity contribution in [3.8, 4) is 5.75 Å². The zero-order valence-corrected chi connectivity index (χ0v) is 19.0. The fourth-order valence-electron chi connectivity index (χ4n) is 4.79. The Hall–Kier alpha value is -1.34. The Morgan fingerprint density at radius 2 is 1.55 bits per heavy atom. The number of fused-ring (bicyclic) bond motifs is 4. The number of aliphatic hydroxyl groups excluding tert-OH is 1. The van der Waals surface area contributed by atoms with E-state index in [0.717, 1.165) is 0 Å². The first-order valence-electron chi connectivity index (χ1n) is 10.1. The first-order valence-corrected chi connectivity index (χ1v) is 10.9. The van der Waals surface area contributed by atoms with Gasteiger partial charge >= 0.3 is 4.45 Å². The van der Waals surface area contributed by atoms with E-state index in [1.165, 1.54) is 0 Å². The van der Waals surface area contributed by atoms with Gasteiger partial charge < -0.3 is 33.5 Å². The van der Waals surface area contributed by atoms with Crippen LogP contribution < -0.4 is 4.74 Å². The van der Waals surface area contributed by atoms with Crippen LogP contribution in [0.4, 0.5) is 0 Å². The molecule has 170 valence electrons. The molecule has 0 amide bonds. The number of benzene rings is 1. The van der Waals surface area contributed by atoms with Crippen molar-refractivity contribution < 1.29 is 38.5 Å². The lowest BCUT2D eigenvalue weighted by atomic mass is 9.86. The van der Waals surface area contributed by atoms with E-state index in [4.69, 9.17) is 28.4 Å². The van der Waals surface area contributed by atoms with Crippen LogP contribution >= 0.6 is 15.9 Å². The van der Waals surface area contributed by atoms with Gasteiger partial charge in [-0.2, -0.15) is 0 Å². The molecule has 4 aliphatic rings. The molecule has 1 N–H and O–H groups in total. The van der Waals surface area contributed by atoms with Gasteiger partial charge in [-0.3, -0.25) is 10.1 Å². The molecule has 0 aromatic heterocycles. The SMILES string of the molecule is CC1(C)O[C@H]2OC([C@@H]3Oc4ccccc4[C@H](O)[C@@]3(Br)[N+](=O)[O-])[C@@H]3OC(C)(C)O[C@@H]3[C@H]2O1. The van der Waals surface area contributed by atoms with Crippen LogP contribution in [-0.4, -0.2) is 62.9 Å². The Morgan fingerprint density at radius 1 is 0.968 bits per heavy atom. The summed E-state index contributed by atoms with van der Waals surface area (Å²) in [4.78, 5) is 11.6. The van der Waals surface area contributed by atoms with Gasteiger partial charge in [-0.1, -0.05) is 18.2 Å². The van der Waals surface area contributed by atoms with Gasteiger partial charge in [-0.05, 0) is 33.8 Å². The van der Waals surface area contributed by atoms with Crippen LogP contribution in [0.1, 0.15) is 39.4 Å². The molecule has 8 atom stereocenters. The van der Waals surface area contributed by atoms with Crippen molar-refractivity contribution in [2.24, 2.45) is 0 Å². The van der Waals surface area contributed by atoms with Crippen molar-refractivity contribution in [1.29, 1.82) is 0 Å². The molecule has 0 bridgehead atoms. The number of para-hydroxylation sites is 1. The maximum Gasteiger partial charge on any atom is 0.342 e. The maximum absolute atomic E-state index is 12.2. The normalized spacial score (nSPS) is 44.6. The van der Waals surface area contributed by atoms with E-state index < -0.39 is 63.9 Å². The smallest absolute Gasteiger partial charge is 0.342 e. The maximum atomic E-state index is 12.2. The Kier molecular flexibility index (Phi) is 4.74. The van der Waals surface area contributed by atoms with Crippen LogP contribution in [0.3, 0.4) is 0 Å². The fraction of sp³-hybridized carbons (Fsp3) is 0.700. The van der Waals surface area contributed by atoms with Crippen molar-refractivity contribution in [2.75, 3.05) is 0 Å². The molecule has 5 rings (SSSR count). The molecule has 3 saturated heterocycles. The molecular weight excluding hydrogens is 478 g/mol. The van der Waals surface area contributed by atoms with Gasteiger partial charge in [0.15, 0.2) is 24.0 Å². The van der Waals surface area contributed by atoms with Crippen molar-refractivity contribution in [3.63, 3.8) is 0 Å². The third-order valence-electron chi connectivity index (χ3n) is 6.02. The Balaban J connectivity index is 1.58. The molecule has 11 heteroatoms. The summed E-state index contributed by atoms with van der Waals surface area (Å²) in [5.74, 6) is -1.57. The standard InChI is InChI=1S/C20H24BrNO9/c1-18(2)28-11-12(29-18)14-17(31-19(3,4)30-14)27-13(11)16-20(21,22(24)25)15(23)9-7-5-6-8-10(9)26-16/h5-8,11-17,23H,1-4H3/t11-,12+,13?,14-,15+,16+,17-,20-/m1/s1. The van der Waals surface area contributed by atoms with Gasteiger partial charge in [0.2, 0.25) is 6.10 Å². The van der Waals surface area contributed by atoms with Crippen molar-refractivity contribution >= 4 is 15.9 Å². The summed E-state index contributed by atoms with van der Waals surface area (Å²) in [5.41, 5.74) is 0.308. The minimum Gasteiger partial charge on any atom is -0.478 e. The van der Waals surface area contributed by atoms with E-state index in [1.807, 2.05) is 0 Å². The highest BCUT2D eigenvalue weighted by Crippen LogP contribution is 2.52. The summed E-state index contributed by atoms with van der Waals surface area (Å²) in [6, 6.07) is 6.64. The van der Waals surface area contributed by atoms with E-state index in [1.54, 1.807) is 52.0 Å². The quantitative estimate of drug-likeness (QED) is 0.281. The first kappa shape index (κ1) is 21.5. The van der Waals surface area contributed by atoms with Gasteiger partial charge in [-0.15, -0.1) is 0 Å². The number of alkyl halides is 1. The number of aliphatic hydroxyl groups is 1. The topological polar surface area (TPSA) is 119 Å². The molecule has 1 aromatic carbocycles. The zero-order chi connectivity index (χ0) is 22.3. The lowest BCUT2D eigenvalue weighted by Gasteiger charge is -2.45. The average molecular weight is 502 g/mol. The molecule has 10 nitrogen and oxygen atoms in total. The minimum atomic E-state index is -2.09. The van der Waals surface area contributed by atoms with Crippen LogP contribution in [0.25, 0.3) is 0 Å². The summed E-state index contributed by atoms with van der Waals surface area (Å²) in [7, 11) is 0. The zero-order valence-electron chi connectivity index (χ0n) is 17.4. The number of hydrogen-bond acceptors (Lipinski definition) is 9. The molecule has 0 radical (unpaired) electrons. The number of nitro groups is 1. The van der Waals surface area contributed by atoms with Crippen LogP contribution in [-0.2, 0) is 23.7 Å². The van der Waals surface area contributed by atoms with Crippen LogP contribution in [0.5, 0.6) is 5.75 Å². The molecule has 0 spiro atoms. The molecule has 4 aliphatic heterocycles. The molecule has 3 fully saturated rings. The predicted molar refractivity (Wildman–Crippen MR) is 107 cm³/mol. The molecule has 0 saturated carbocycles. The van der Waals surface area contributed by atoms with E-state index >= 15 is 0 Å². The van der Waals surface area contributed by atoms with Gasteiger partial charge in [0.05, 0.1) is 0 Å². The third kappa shape index (κ3) is 3.21. The average Bonchev–Trinajstić information content (AvgIpc) is 3.17. The largest absolute Gasteiger partial charge is 0.478 e. The molecule has 4 heterocycles. The van der Waals surface area contributed by atoms with E-state index in [2.05, 4.69) is 15.9 Å². The second-order valence-electron chi connectivity index (χ2n) is 9.10. The van der Waals surface area contributed by atoms with E-state index in [9.17, 15) is 15.2 Å². The summed E-state index contributed by atoms with van der Waals surface area (Å²) in [6.45, 7) is 7.00. The highest BCUT2D eigenvalue weighted by atomic mass is 79.9. The first-order chi connectivity index (χ1) is 14.4. The predicted octanol–water partition coefficient (Wildman–Crippen LogP) is 2.25. The summed E-state index contributed by atoms with van der Waals surface area (Å²) in [6.07, 6.45) is -6.55. The minimum absolute atomic E-state index is 0.308. The van der Waals surface area contributed by atoms with E-state index in [0.29, 0.717) is 11.3 Å². The highest BCUT2D eigenvalue weighted by molar-refractivity contribution is 9.10. The lowest BCUT2D eigenvalue weighted by Crippen LogP contribution is -2.67. The van der Waals surface area contributed by atoms with Crippen LogP contribution in [0.2, 0.25) is 0 Å². The van der Waals surface area contributed by atoms with Gasteiger partial charge in [0.25, 0.3) is 0 Å². The lowest BCUT2D eigenvalue weighted by molar-refractivity contribution is -0.566. The number of rotatable bonds is 2. The highest BCUT2D eigenvalue weighted by Gasteiger charge is 2.70. The second kappa shape index (κ2) is 6.83. The Morgan fingerprint density at radius 3 is 2.23 bits per heavy atom. The van der Waals surface area contributed by atoms with Crippen molar-refractivity contribution in [3.05, 3.63) is 39.9 Å². The summed E-state index contributed by atoms with van der Waals surface area (Å²) < 4.78 is 34.3. The Labute approximate surface area is 187 Å². The summed E-state index contributed by atoms with van der Waals surface area (Å²) in [5, 5.41) is 23.2. The molecule has 1 aromatic rings. The Bertz CT molecular complexity index is 910. The van der Waals surface area contributed by atoms with Gasteiger partial charge in [-0.25, -0.2) is 0 Å². The number of nitrogens with zero attached hydrogens (tertiary/aromatic N) is 1. The van der Waals surface area contributed by atoms with Crippen LogP contribution in [0.15, 0.2) is 24.3 Å². The monoisotopic (exact) mass is 501 g/mol. The van der Waals surface area contributed by atoms with Crippen molar-refractivity contribution in [1.82, 2.24) is 0 Å². The van der Waals surface area contributed by atoms with Gasteiger partial charge in [0, 0.05) is 26.4 Å². The third-order valence-corrected chi connectivity index (χ3v) is 7.19. The van der Waals surface area contributed by atoms with Gasteiger partial charge in [0.1, 0.15) is 30.2 Å². The molecule has 31 heavy (non-hydrogen) atoms. The second-order valence-corrected chi connectivity index (χ2v) is 10.4. The molecule has 1 unspecified atom stereocenters. The number of ether oxygens (including phenoxy) is 6. The number of hydrogen-bond donors (Lipinski definition) is 1. The van der Waals surface area contributed by atoms with Crippen LogP contribution in [0, 0.1) is 10.1 Å². The van der Waals surface area contributed by atoms with E-state index in [-0.39, 0.29) is 0 Å². The molecular formula is C20H24BrNO9. The summed E-state index contributed by atoms with van der Waals surface area (Å²) >= 11 is 3.20. The fourth-order valence-corrected chi connectivity index (χ4v) is 5.39. The van der Waals surface area contributed by atoms with Crippen molar-refractivity contribution in [2.45, 2.75) is 86.6 Å².